The zero-order valence-electron chi connectivity index (χ0n) is 24.6. The van der Waals surface area contributed by atoms with Crippen molar-refractivity contribution < 1.29 is 4.74 Å². The second-order valence-electron chi connectivity index (χ2n) is 12.4. The van der Waals surface area contributed by atoms with Crippen LogP contribution in [0.1, 0.15) is 25.7 Å². The smallest absolute Gasteiger partial charge is 0.143 e. The maximum atomic E-state index is 6.63. The third-order valence-corrected chi connectivity index (χ3v) is 9.76. The molecule has 2 aliphatic rings. The van der Waals surface area contributed by atoms with Crippen molar-refractivity contribution in [3.05, 3.63) is 133 Å². The number of ether oxygens (including phenoxy) is 1. The quantitative estimate of drug-likeness (QED) is 0.214. The lowest BCUT2D eigenvalue weighted by atomic mass is 9.85. The third kappa shape index (κ3) is 4.17. The number of hydrogen-bond donors (Lipinski definition) is 1. The van der Waals surface area contributed by atoms with E-state index in [1.54, 1.807) is 0 Å². The number of anilines is 1. The van der Waals surface area contributed by atoms with Crippen molar-refractivity contribution in [2.45, 2.75) is 37.8 Å². The van der Waals surface area contributed by atoms with Gasteiger partial charge in [-0.2, -0.15) is 0 Å². The Morgan fingerprint density at radius 3 is 1.82 bits per heavy atom. The zero-order valence-corrected chi connectivity index (χ0v) is 24.6. The standard InChI is InChI=1S/C42H33NO/c1-2-11-28-24-30(21-20-27(28)10-1)29-12-9-13-31(25-29)41-33-14-3-5-16-35(33)42(36-17-6-4-15-34(36)41)32-22-23-38-40(26-32)44-39-19-8-7-18-37(39)43-38/h1-6,9-17,20-26,37,39,43H,7-8,18-19H2/t37-,39?/m1/s1. The lowest BCUT2D eigenvalue weighted by Crippen LogP contribution is -2.43. The molecule has 0 radical (unpaired) electrons. The molecule has 2 heteroatoms. The maximum absolute atomic E-state index is 6.63. The average Bonchev–Trinajstić information content (AvgIpc) is 3.09. The molecule has 1 unspecified atom stereocenters. The van der Waals surface area contributed by atoms with Crippen molar-refractivity contribution in [3.8, 4) is 39.1 Å². The molecule has 1 aliphatic heterocycles. The highest BCUT2D eigenvalue weighted by molar-refractivity contribution is 6.21. The largest absolute Gasteiger partial charge is 0.486 e. The van der Waals surface area contributed by atoms with Gasteiger partial charge in [-0.3, -0.25) is 0 Å². The van der Waals surface area contributed by atoms with E-state index in [0.717, 1.165) is 17.9 Å². The number of nitrogens with one attached hydrogen (secondary N) is 1. The van der Waals surface area contributed by atoms with Gasteiger partial charge in [-0.15, -0.1) is 0 Å². The second-order valence-corrected chi connectivity index (χ2v) is 12.4. The topological polar surface area (TPSA) is 21.3 Å². The van der Waals surface area contributed by atoms with Crippen LogP contribution in [0.25, 0.3) is 65.7 Å². The number of hydrogen-bond acceptors (Lipinski definition) is 2. The van der Waals surface area contributed by atoms with Crippen molar-refractivity contribution in [3.63, 3.8) is 0 Å². The Hall–Kier alpha value is -5.08. The second kappa shape index (κ2) is 10.3. The van der Waals surface area contributed by atoms with Gasteiger partial charge in [0, 0.05) is 0 Å². The van der Waals surface area contributed by atoms with Crippen molar-refractivity contribution in [2.75, 3.05) is 5.32 Å². The summed E-state index contributed by atoms with van der Waals surface area (Å²) >= 11 is 0. The Morgan fingerprint density at radius 2 is 1.07 bits per heavy atom. The summed E-state index contributed by atoms with van der Waals surface area (Å²) in [6.45, 7) is 0. The van der Waals surface area contributed by atoms with Crippen LogP contribution in [-0.4, -0.2) is 12.1 Å². The maximum Gasteiger partial charge on any atom is 0.143 e. The Balaban J connectivity index is 1.23. The number of benzene rings is 7. The van der Waals surface area contributed by atoms with E-state index in [1.807, 2.05) is 0 Å². The molecule has 0 saturated heterocycles. The van der Waals surface area contributed by atoms with Crippen LogP contribution in [0.5, 0.6) is 5.75 Å². The van der Waals surface area contributed by atoms with Crippen LogP contribution in [0.3, 0.4) is 0 Å². The minimum atomic E-state index is 0.261. The summed E-state index contributed by atoms with van der Waals surface area (Å²) in [5.41, 5.74) is 8.56. The fourth-order valence-electron chi connectivity index (χ4n) is 7.63. The van der Waals surface area contributed by atoms with Crippen LogP contribution < -0.4 is 10.1 Å². The van der Waals surface area contributed by atoms with E-state index in [-0.39, 0.29) is 6.10 Å². The molecule has 44 heavy (non-hydrogen) atoms. The first-order chi connectivity index (χ1) is 21.8. The van der Waals surface area contributed by atoms with Crippen molar-refractivity contribution >= 4 is 38.0 Å². The Bertz CT molecular complexity index is 2160. The molecule has 1 fully saturated rings. The molecule has 0 amide bonds. The predicted octanol–water partition coefficient (Wildman–Crippen LogP) is 11.3. The van der Waals surface area contributed by atoms with Gasteiger partial charge < -0.3 is 10.1 Å². The molecule has 1 heterocycles. The summed E-state index contributed by atoms with van der Waals surface area (Å²) < 4.78 is 6.63. The molecule has 1 saturated carbocycles. The molecule has 1 aliphatic carbocycles. The van der Waals surface area contributed by atoms with E-state index in [4.69, 9.17) is 4.74 Å². The van der Waals surface area contributed by atoms with E-state index < -0.39 is 0 Å². The average molecular weight is 568 g/mol. The van der Waals surface area contributed by atoms with Gasteiger partial charge in [0.2, 0.25) is 0 Å². The molecule has 1 N–H and O–H groups in total. The van der Waals surface area contributed by atoms with Gasteiger partial charge in [-0.05, 0) is 109 Å². The normalized spacial score (nSPS) is 17.5. The molecule has 2 atom stereocenters. The highest BCUT2D eigenvalue weighted by Gasteiger charge is 2.32. The monoisotopic (exact) mass is 567 g/mol. The van der Waals surface area contributed by atoms with E-state index >= 15 is 0 Å². The van der Waals surface area contributed by atoms with Crippen LogP contribution in [0, 0.1) is 0 Å². The molecule has 212 valence electrons. The lowest BCUT2D eigenvalue weighted by molar-refractivity contribution is 0.131. The molecular formula is C42H33NO. The van der Waals surface area contributed by atoms with E-state index in [0.29, 0.717) is 6.04 Å². The predicted molar refractivity (Wildman–Crippen MR) is 186 cm³/mol. The van der Waals surface area contributed by atoms with E-state index in [9.17, 15) is 0 Å². The van der Waals surface area contributed by atoms with E-state index in [1.165, 1.54) is 85.0 Å². The molecule has 2 nitrogen and oxygen atoms in total. The number of fused-ring (bicyclic) bond motifs is 5. The summed E-state index contributed by atoms with van der Waals surface area (Å²) in [6, 6.07) is 49.4. The molecule has 0 spiro atoms. The fraction of sp³-hybridized carbons (Fsp3) is 0.143. The van der Waals surface area contributed by atoms with Gasteiger partial charge in [-0.25, -0.2) is 0 Å². The minimum absolute atomic E-state index is 0.261. The Morgan fingerprint density at radius 1 is 0.477 bits per heavy atom. The summed E-state index contributed by atoms with van der Waals surface area (Å²) in [7, 11) is 0. The van der Waals surface area contributed by atoms with Crippen LogP contribution in [0.15, 0.2) is 133 Å². The first-order valence-corrected chi connectivity index (χ1v) is 15.9. The molecule has 7 aromatic rings. The summed E-state index contributed by atoms with van der Waals surface area (Å²) in [5, 5.41) is 11.4. The third-order valence-electron chi connectivity index (χ3n) is 9.76. The van der Waals surface area contributed by atoms with Crippen molar-refractivity contribution in [1.29, 1.82) is 0 Å². The van der Waals surface area contributed by atoms with Crippen LogP contribution in [-0.2, 0) is 0 Å². The van der Waals surface area contributed by atoms with Gasteiger partial charge in [0.05, 0.1) is 11.7 Å². The zero-order chi connectivity index (χ0) is 29.0. The highest BCUT2D eigenvalue weighted by Crippen LogP contribution is 2.46. The van der Waals surface area contributed by atoms with Crippen molar-refractivity contribution in [2.24, 2.45) is 0 Å². The van der Waals surface area contributed by atoms with Gasteiger partial charge >= 0.3 is 0 Å². The fourth-order valence-corrected chi connectivity index (χ4v) is 7.63. The first kappa shape index (κ1) is 25.4. The summed E-state index contributed by atoms with van der Waals surface area (Å²) in [5.74, 6) is 0.978. The van der Waals surface area contributed by atoms with Gasteiger partial charge in [0.1, 0.15) is 11.9 Å². The molecular weight excluding hydrogens is 534 g/mol. The Labute approximate surface area is 257 Å². The van der Waals surface area contributed by atoms with Crippen LogP contribution in [0.4, 0.5) is 5.69 Å². The van der Waals surface area contributed by atoms with Crippen molar-refractivity contribution in [1.82, 2.24) is 0 Å². The van der Waals surface area contributed by atoms with Gasteiger partial charge in [0.15, 0.2) is 0 Å². The molecule has 7 aromatic carbocycles. The number of rotatable bonds is 3. The Kier molecular flexibility index (Phi) is 5.94. The van der Waals surface area contributed by atoms with E-state index in [2.05, 4.69) is 139 Å². The van der Waals surface area contributed by atoms with Gasteiger partial charge in [0.25, 0.3) is 0 Å². The first-order valence-electron chi connectivity index (χ1n) is 15.9. The SMILES string of the molecule is c1cc(-c2ccc3ccccc3c2)cc(-c2c3ccccc3c(-c3ccc4c(c3)OC3CCCC[C@H]3N4)c3ccccc23)c1. The van der Waals surface area contributed by atoms with Gasteiger partial charge in [-0.1, -0.05) is 116 Å². The van der Waals surface area contributed by atoms with Crippen LogP contribution >= 0.6 is 0 Å². The molecule has 0 aromatic heterocycles. The minimum Gasteiger partial charge on any atom is -0.486 e. The lowest BCUT2D eigenvalue weighted by Gasteiger charge is -2.38. The molecule has 9 rings (SSSR count). The summed E-state index contributed by atoms with van der Waals surface area (Å²) in [6.07, 6.45) is 5.10. The summed E-state index contributed by atoms with van der Waals surface area (Å²) in [4.78, 5) is 0. The highest BCUT2D eigenvalue weighted by atomic mass is 16.5. The molecule has 0 bridgehead atoms. The van der Waals surface area contributed by atoms with Crippen LogP contribution in [0.2, 0.25) is 0 Å².